The number of hydrogen-bond donors (Lipinski definition) is 2. The van der Waals surface area contributed by atoms with E-state index in [4.69, 9.17) is 25.5 Å². The highest BCUT2D eigenvalue weighted by atomic mass is 35.5. The Labute approximate surface area is 223 Å². The highest BCUT2D eigenvalue weighted by Gasteiger charge is 2.23. The Morgan fingerprint density at radius 3 is 2.79 bits per heavy atom. The van der Waals surface area contributed by atoms with Crippen molar-refractivity contribution < 1.29 is 23.5 Å². The number of hydrogen-bond acceptors (Lipinski definition) is 11. The molecule has 2 N–H and O–H groups in total. The first-order valence-corrected chi connectivity index (χ1v) is 12.0. The maximum absolute atomic E-state index is 13.0. The summed E-state index contributed by atoms with van der Waals surface area (Å²) in [4.78, 5) is 37.3. The summed E-state index contributed by atoms with van der Waals surface area (Å²) >= 11 is 7.33. The van der Waals surface area contributed by atoms with E-state index in [9.17, 15) is 19.6 Å². The number of nitrogens with one attached hydrogen (secondary N) is 2. The number of nitriles is 1. The van der Waals surface area contributed by atoms with E-state index in [0.29, 0.717) is 5.82 Å². The first kappa shape index (κ1) is 26.5. The van der Waals surface area contributed by atoms with Crippen LogP contribution in [0, 0.1) is 11.3 Å². The summed E-state index contributed by atoms with van der Waals surface area (Å²) in [5, 5.41) is 27.2. The van der Waals surface area contributed by atoms with Crippen LogP contribution in [0.5, 0.6) is 5.75 Å². The number of benzene rings is 1. The van der Waals surface area contributed by atoms with Gasteiger partial charge in [-0.1, -0.05) is 29.0 Å². The molecule has 0 atom stereocenters. The molecule has 13 nitrogen and oxygen atoms in total. The lowest BCUT2D eigenvalue weighted by Gasteiger charge is -2.13. The highest BCUT2D eigenvalue weighted by Crippen LogP contribution is 2.36. The summed E-state index contributed by atoms with van der Waals surface area (Å²) in [7, 11) is 1.47. The summed E-state index contributed by atoms with van der Waals surface area (Å²) in [6.45, 7) is 1.53. The minimum Gasteiger partial charge on any atom is -0.484 e. The number of amides is 2. The Bertz CT molecular complexity index is 1610. The number of halogens is 1. The molecule has 15 heteroatoms. The van der Waals surface area contributed by atoms with E-state index < -0.39 is 11.5 Å². The quantitative estimate of drug-likeness (QED) is 0.292. The van der Waals surface area contributed by atoms with Gasteiger partial charge >= 0.3 is 5.63 Å². The molecule has 0 unspecified atom stereocenters. The molecular weight excluding hydrogens is 538 g/mol. The lowest BCUT2D eigenvalue weighted by atomic mass is 10.00. The third-order valence-electron chi connectivity index (χ3n) is 4.83. The van der Waals surface area contributed by atoms with Crippen LogP contribution in [0.2, 0.25) is 5.02 Å². The standard InChI is InChI=1S/C23H18ClN7O6S/c1-12(32)27-17-6-7-26-31(17)23-30-29-22(38-23)28-20(33)16-10-14(18-13(11-25)4-3-5-15(18)24)19(21(34)37-16)36-9-8-35-2/h3-7,10H,8-9H2,1-2H3,(H,27,32)(H,28,29,33). The van der Waals surface area contributed by atoms with E-state index in [1.807, 2.05) is 6.07 Å². The fraction of sp³-hybridized carbons (Fsp3) is 0.174. The number of rotatable bonds is 9. The van der Waals surface area contributed by atoms with Crippen LogP contribution in [0.15, 0.2) is 45.7 Å². The van der Waals surface area contributed by atoms with Crippen LogP contribution in [-0.2, 0) is 9.53 Å². The molecule has 4 rings (SSSR count). The molecule has 0 spiro atoms. The Balaban J connectivity index is 1.68. The van der Waals surface area contributed by atoms with Gasteiger partial charge in [-0.05, 0) is 18.2 Å². The number of carbonyl (C=O) groups is 2. The van der Waals surface area contributed by atoms with Crippen LogP contribution in [-0.4, -0.2) is 52.1 Å². The third kappa shape index (κ3) is 5.70. The van der Waals surface area contributed by atoms with E-state index in [1.54, 1.807) is 12.1 Å². The molecule has 2 amide bonds. The van der Waals surface area contributed by atoms with Crippen LogP contribution in [0.1, 0.15) is 23.0 Å². The van der Waals surface area contributed by atoms with E-state index in [2.05, 4.69) is 25.9 Å². The molecule has 0 aliphatic carbocycles. The molecule has 38 heavy (non-hydrogen) atoms. The maximum Gasteiger partial charge on any atom is 0.379 e. The molecule has 4 aromatic rings. The fourth-order valence-electron chi connectivity index (χ4n) is 3.28. The second kappa shape index (κ2) is 11.6. The van der Waals surface area contributed by atoms with Crippen molar-refractivity contribution in [2.24, 2.45) is 0 Å². The molecule has 3 aromatic heterocycles. The minimum absolute atomic E-state index is 0.00755. The molecular formula is C23H18ClN7O6S. The Morgan fingerprint density at radius 1 is 1.24 bits per heavy atom. The number of methoxy groups -OCH3 is 1. The average molecular weight is 556 g/mol. The zero-order chi connectivity index (χ0) is 27.2. The van der Waals surface area contributed by atoms with Gasteiger partial charge in [0, 0.05) is 36.2 Å². The van der Waals surface area contributed by atoms with Gasteiger partial charge in [0.1, 0.15) is 12.4 Å². The Kier molecular flexibility index (Phi) is 8.12. The monoisotopic (exact) mass is 555 g/mol. The molecule has 0 bridgehead atoms. The molecule has 0 aliphatic rings. The molecule has 0 aliphatic heterocycles. The third-order valence-corrected chi connectivity index (χ3v) is 5.96. The Hall–Kier alpha value is -4.58. The first-order valence-electron chi connectivity index (χ1n) is 10.8. The van der Waals surface area contributed by atoms with Gasteiger partial charge in [-0.25, -0.2) is 4.79 Å². The van der Waals surface area contributed by atoms with Crippen molar-refractivity contribution in [1.29, 1.82) is 5.26 Å². The van der Waals surface area contributed by atoms with Crippen molar-refractivity contribution in [2.75, 3.05) is 31.0 Å². The predicted molar refractivity (Wildman–Crippen MR) is 137 cm³/mol. The summed E-state index contributed by atoms with van der Waals surface area (Å²) in [6, 6.07) is 9.48. The van der Waals surface area contributed by atoms with Crippen molar-refractivity contribution in [1.82, 2.24) is 20.0 Å². The molecule has 0 saturated heterocycles. The molecule has 0 saturated carbocycles. The number of aromatic nitrogens is 4. The lowest BCUT2D eigenvalue weighted by molar-refractivity contribution is -0.114. The van der Waals surface area contributed by atoms with Gasteiger partial charge in [-0.3, -0.25) is 14.9 Å². The van der Waals surface area contributed by atoms with Crippen molar-refractivity contribution in [2.45, 2.75) is 6.92 Å². The largest absolute Gasteiger partial charge is 0.484 e. The number of anilines is 2. The van der Waals surface area contributed by atoms with E-state index in [-0.39, 0.29) is 62.6 Å². The van der Waals surface area contributed by atoms with Crippen LogP contribution >= 0.6 is 22.9 Å². The number of carbonyl (C=O) groups excluding carboxylic acids is 2. The van der Waals surface area contributed by atoms with Crippen molar-refractivity contribution >= 4 is 45.7 Å². The van der Waals surface area contributed by atoms with Crippen molar-refractivity contribution in [3.63, 3.8) is 0 Å². The van der Waals surface area contributed by atoms with Crippen LogP contribution in [0.3, 0.4) is 0 Å². The van der Waals surface area contributed by atoms with Gasteiger partial charge < -0.3 is 19.2 Å². The number of nitrogens with zero attached hydrogens (tertiary/aromatic N) is 5. The lowest BCUT2D eigenvalue weighted by Crippen LogP contribution is -2.18. The van der Waals surface area contributed by atoms with Gasteiger partial charge in [0.2, 0.25) is 21.9 Å². The van der Waals surface area contributed by atoms with Crippen LogP contribution in [0.25, 0.3) is 16.3 Å². The topological polar surface area (TPSA) is 174 Å². The summed E-state index contributed by atoms with van der Waals surface area (Å²) in [5.41, 5.74) is -0.497. The fourth-order valence-corrected chi connectivity index (χ4v) is 4.26. The smallest absolute Gasteiger partial charge is 0.379 e. The van der Waals surface area contributed by atoms with Crippen molar-refractivity contribution in [3.05, 3.63) is 63.3 Å². The summed E-state index contributed by atoms with van der Waals surface area (Å²) in [6.07, 6.45) is 1.46. The van der Waals surface area contributed by atoms with E-state index in [1.165, 1.54) is 43.1 Å². The number of ether oxygens (including phenoxy) is 2. The molecule has 0 radical (unpaired) electrons. The molecule has 3 heterocycles. The average Bonchev–Trinajstić information content (AvgIpc) is 3.53. The van der Waals surface area contributed by atoms with Crippen molar-refractivity contribution in [3.8, 4) is 28.1 Å². The molecule has 194 valence electrons. The zero-order valence-corrected chi connectivity index (χ0v) is 21.4. The van der Waals surface area contributed by atoms with Crippen LogP contribution < -0.4 is 21.0 Å². The zero-order valence-electron chi connectivity index (χ0n) is 19.9. The summed E-state index contributed by atoms with van der Waals surface area (Å²) in [5.74, 6) is -1.38. The second-order valence-electron chi connectivity index (χ2n) is 7.41. The minimum atomic E-state index is -0.956. The molecule has 0 fully saturated rings. The first-order chi connectivity index (χ1) is 18.3. The van der Waals surface area contributed by atoms with Gasteiger partial charge in [-0.15, -0.1) is 10.2 Å². The summed E-state index contributed by atoms with van der Waals surface area (Å²) < 4.78 is 17.1. The van der Waals surface area contributed by atoms with Gasteiger partial charge in [0.15, 0.2) is 5.76 Å². The van der Waals surface area contributed by atoms with Gasteiger partial charge in [0.25, 0.3) is 5.91 Å². The van der Waals surface area contributed by atoms with E-state index >= 15 is 0 Å². The Morgan fingerprint density at radius 2 is 2.05 bits per heavy atom. The van der Waals surface area contributed by atoms with Gasteiger partial charge in [0.05, 0.1) is 24.4 Å². The molecule has 1 aromatic carbocycles. The predicted octanol–water partition coefficient (Wildman–Crippen LogP) is 3.10. The normalized spacial score (nSPS) is 10.6. The van der Waals surface area contributed by atoms with E-state index in [0.717, 1.165) is 11.3 Å². The van der Waals surface area contributed by atoms with Crippen LogP contribution in [0.4, 0.5) is 10.9 Å². The second-order valence-corrected chi connectivity index (χ2v) is 8.77. The highest BCUT2D eigenvalue weighted by molar-refractivity contribution is 7.17. The van der Waals surface area contributed by atoms with Gasteiger partial charge in [-0.2, -0.15) is 15.0 Å². The maximum atomic E-state index is 13.0. The SMILES string of the molecule is COCCOc1c(-c2c(Cl)cccc2C#N)cc(C(=O)Nc2nnc(-n3nccc3NC(C)=O)s2)oc1=O.